The summed E-state index contributed by atoms with van der Waals surface area (Å²) < 4.78 is 15.1. The van der Waals surface area contributed by atoms with E-state index in [0.29, 0.717) is 6.42 Å². The number of carbonyl (C=O) groups is 2. The zero-order valence-electron chi connectivity index (χ0n) is 12.3. The van der Waals surface area contributed by atoms with Crippen LogP contribution in [0.4, 0.5) is 0 Å². The van der Waals surface area contributed by atoms with Crippen molar-refractivity contribution in [3.8, 4) is 17.2 Å². The van der Waals surface area contributed by atoms with E-state index in [9.17, 15) is 14.7 Å². The smallest absolute Gasteiger partial charge is 0.344 e. The van der Waals surface area contributed by atoms with Gasteiger partial charge < -0.3 is 19.3 Å². The summed E-state index contributed by atoms with van der Waals surface area (Å²) in [5, 5.41) is 9.96. The molecule has 21 heavy (non-hydrogen) atoms. The summed E-state index contributed by atoms with van der Waals surface area (Å²) in [5.74, 6) is -0.577. The van der Waals surface area contributed by atoms with E-state index in [1.54, 1.807) is 13.0 Å². The number of hydrogen-bond donors (Lipinski definition) is 1. The average Bonchev–Trinajstić information content (AvgIpc) is 2.45. The van der Waals surface area contributed by atoms with Crippen LogP contribution in [-0.2, 0) is 14.3 Å². The summed E-state index contributed by atoms with van der Waals surface area (Å²) in [7, 11) is 0. The number of rotatable bonds is 9. The van der Waals surface area contributed by atoms with Gasteiger partial charge in [-0.05, 0) is 25.5 Å². The van der Waals surface area contributed by atoms with Gasteiger partial charge in [-0.15, -0.1) is 0 Å². The van der Waals surface area contributed by atoms with Crippen molar-refractivity contribution in [3.63, 3.8) is 0 Å². The highest BCUT2D eigenvalue weighted by Gasteiger charge is 2.12. The second kappa shape index (κ2) is 8.84. The fraction of sp³-hybridized carbons (Fsp3) is 0.467. The van der Waals surface area contributed by atoms with Gasteiger partial charge in [-0.25, -0.2) is 4.79 Å². The molecule has 0 aliphatic rings. The lowest BCUT2D eigenvalue weighted by Gasteiger charge is -2.11. The molecule has 0 bridgehead atoms. The van der Waals surface area contributed by atoms with Gasteiger partial charge in [0.25, 0.3) is 0 Å². The molecule has 0 aliphatic heterocycles. The number of para-hydroxylation sites is 1. The summed E-state index contributed by atoms with van der Waals surface area (Å²) in [6.07, 6.45) is 1.18. The number of phenols is 1. The van der Waals surface area contributed by atoms with Crippen molar-refractivity contribution in [1.82, 2.24) is 0 Å². The summed E-state index contributed by atoms with van der Waals surface area (Å²) in [5.41, 5.74) is 0. The minimum Gasteiger partial charge on any atom is -0.502 e. The number of ether oxygens (including phenoxy) is 3. The van der Waals surface area contributed by atoms with Crippen molar-refractivity contribution in [3.05, 3.63) is 18.2 Å². The third-order valence-corrected chi connectivity index (χ3v) is 2.53. The van der Waals surface area contributed by atoms with Crippen molar-refractivity contribution in [2.24, 2.45) is 0 Å². The van der Waals surface area contributed by atoms with E-state index in [0.717, 1.165) is 6.42 Å². The molecule has 0 aliphatic carbocycles. The first kappa shape index (κ1) is 16.8. The Balaban J connectivity index is 2.61. The van der Waals surface area contributed by atoms with Gasteiger partial charge in [-0.2, -0.15) is 0 Å². The molecule has 0 heterocycles. The molecule has 0 aromatic heterocycles. The Morgan fingerprint density at radius 2 is 1.71 bits per heavy atom. The molecule has 0 radical (unpaired) electrons. The Morgan fingerprint density at radius 1 is 1.10 bits per heavy atom. The Bertz CT molecular complexity index is 443. The Labute approximate surface area is 123 Å². The second-order valence-electron chi connectivity index (χ2n) is 4.27. The van der Waals surface area contributed by atoms with E-state index < -0.39 is 5.97 Å². The number of esters is 1. The lowest BCUT2D eigenvalue weighted by Crippen LogP contribution is -2.15. The lowest BCUT2D eigenvalue weighted by molar-refractivity contribution is -0.145. The standard InChI is InChI=1S/C15H20O6/c1-3-6-11(16)9-20-12-7-5-8-13(15(12)18)21-10-14(17)19-4-2/h5,7-8,18H,3-4,6,9-10H2,1-2H3. The number of ketones is 1. The molecule has 6 nitrogen and oxygen atoms in total. The highest BCUT2D eigenvalue weighted by Crippen LogP contribution is 2.35. The van der Waals surface area contributed by atoms with Crippen molar-refractivity contribution in [1.29, 1.82) is 0 Å². The Kier molecular flexibility index (Phi) is 7.08. The molecule has 0 fully saturated rings. The molecule has 0 saturated carbocycles. The molecular formula is C15H20O6. The third-order valence-electron chi connectivity index (χ3n) is 2.53. The van der Waals surface area contributed by atoms with Gasteiger partial charge in [0.15, 0.2) is 23.9 Å². The highest BCUT2D eigenvalue weighted by molar-refractivity contribution is 5.80. The van der Waals surface area contributed by atoms with Gasteiger partial charge in [0.2, 0.25) is 5.75 Å². The Morgan fingerprint density at radius 3 is 2.29 bits per heavy atom. The zero-order valence-corrected chi connectivity index (χ0v) is 12.3. The average molecular weight is 296 g/mol. The summed E-state index contributed by atoms with van der Waals surface area (Å²) in [6, 6.07) is 4.61. The quantitative estimate of drug-likeness (QED) is 0.703. The van der Waals surface area contributed by atoms with E-state index in [4.69, 9.17) is 14.2 Å². The number of carbonyl (C=O) groups excluding carboxylic acids is 2. The molecule has 0 atom stereocenters. The van der Waals surface area contributed by atoms with Crippen molar-refractivity contribution < 1.29 is 28.9 Å². The first-order valence-corrected chi connectivity index (χ1v) is 6.83. The van der Waals surface area contributed by atoms with Crippen molar-refractivity contribution in [2.75, 3.05) is 19.8 Å². The third kappa shape index (κ3) is 5.72. The van der Waals surface area contributed by atoms with Crippen LogP contribution in [0.5, 0.6) is 17.2 Å². The molecule has 116 valence electrons. The van der Waals surface area contributed by atoms with Crippen molar-refractivity contribution >= 4 is 11.8 Å². The predicted molar refractivity (Wildman–Crippen MR) is 75.6 cm³/mol. The van der Waals surface area contributed by atoms with Gasteiger partial charge in [0, 0.05) is 6.42 Å². The monoisotopic (exact) mass is 296 g/mol. The van der Waals surface area contributed by atoms with Crippen LogP contribution in [0.15, 0.2) is 18.2 Å². The van der Waals surface area contributed by atoms with Gasteiger partial charge in [-0.1, -0.05) is 13.0 Å². The first-order valence-electron chi connectivity index (χ1n) is 6.83. The van der Waals surface area contributed by atoms with Crippen LogP contribution >= 0.6 is 0 Å². The topological polar surface area (TPSA) is 82.1 Å². The summed E-state index contributed by atoms with van der Waals surface area (Å²) in [6.45, 7) is 3.44. The summed E-state index contributed by atoms with van der Waals surface area (Å²) >= 11 is 0. The summed E-state index contributed by atoms with van der Waals surface area (Å²) in [4.78, 5) is 22.6. The molecule has 1 aromatic rings. The molecule has 6 heteroatoms. The van der Waals surface area contributed by atoms with Gasteiger partial charge >= 0.3 is 5.97 Å². The normalized spacial score (nSPS) is 10.0. The van der Waals surface area contributed by atoms with E-state index in [1.807, 2.05) is 6.92 Å². The van der Waals surface area contributed by atoms with Crippen LogP contribution < -0.4 is 9.47 Å². The minimum atomic E-state index is -0.527. The molecule has 1 aromatic carbocycles. The largest absolute Gasteiger partial charge is 0.502 e. The molecule has 0 unspecified atom stereocenters. The number of phenolic OH excluding ortho intramolecular Hbond substituents is 1. The highest BCUT2D eigenvalue weighted by atomic mass is 16.6. The fourth-order valence-electron chi connectivity index (χ4n) is 1.58. The maximum absolute atomic E-state index is 11.4. The lowest BCUT2D eigenvalue weighted by atomic mass is 10.2. The maximum atomic E-state index is 11.4. The molecular weight excluding hydrogens is 276 g/mol. The number of benzene rings is 1. The first-order chi connectivity index (χ1) is 10.1. The minimum absolute atomic E-state index is 0.0465. The number of Topliss-reactive ketones (excluding diaryl/α,β-unsaturated/α-hetero) is 1. The second-order valence-corrected chi connectivity index (χ2v) is 4.27. The van der Waals surface area contributed by atoms with Crippen molar-refractivity contribution in [2.45, 2.75) is 26.7 Å². The SMILES string of the molecule is CCCC(=O)COc1cccc(OCC(=O)OCC)c1O. The van der Waals surface area contributed by atoms with Crippen LogP contribution in [0.2, 0.25) is 0 Å². The van der Waals surface area contributed by atoms with Crippen LogP contribution in [0, 0.1) is 0 Å². The number of aromatic hydroxyl groups is 1. The molecule has 1 rings (SSSR count). The van der Waals surface area contributed by atoms with Gasteiger partial charge in [0.05, 0.1) is 6.61 Å². The van der Waals surface area contributed by atoms with Crippen LogP contribution in [0.25, 0.3) is 0 Å². The zero-order chi connectivity index (χ0) is 15.7. The van der Waals surface area contributed by atoms with E-state index in [2.05, 4.69) is 0 Å². The van der Waals surface area contributed by atoms with E-state index in [1.165, 1.54) is 12.1 Å². The van der Waals surface area contributed by atoms with Gasteiger partial charge in [-0.3, -0.25) is 4.79 Å². The van der Waals surface area contributed by atoms with Crippen LogP contribution in [-0.4, -0.2) is 36.7 Å². The number of hydrogen-bond acceptors (Lipinski definition) is 6. The van der Waals surface area contributed by atoms with Gasteiger partial charge in [0.1, 0.15) is 6.61 Å². The van der Waals surface area contributed by atoms with Crippen LogP contribution in [0.1, 0.15) is 26.7 Å². The fourth-order valence-corrected chi connectivity index (χ4v) is 1.58. The van der Waals surface area contributed by atoms with E-state index in [-0.39, 0.29) is 42.9 Å². The molecule has 1 N–H and O–H groups in total. The Hall–Kier alpha value is -2.24. The predicted octanol–water partition coefficient (Wildman–Crippen LogP) is 2.08. The molecule has 0 spiro atoms. The molecule has 0 amide bonds. The molecule has 0 saturated heterocycles. The maximum Gasteiger partial charge on any atom is 0.344 e. The van der Waals surface area contributed by atoms with E-state index >= 15 is 0 Å². The van der Waals surface area contributed by atoms with Crippen LogP contribution in [0.3, 0.4) is 0 Å².